The van der Waals surface area contributed by atoms with Crippen molar-refractivity contribution >= 4 is 29.0 Å². The van der Waals surface area contributed by atoms with Crippen molar-refractivity contribution in [1.82, 2.24) is 14.8 Å². The first-order valence-corrected chi connectivity index (χ1v) is 9.08. The summed E-state index contributed by atoms with van der Waals surface area (Å²) in [6.07, 6.45) is 1.57. The van der Waals surface area contributed by atoms with Gasteiger partial charge in [-0.05, 0) is 43.2 Å². The number of benzene rings is 2. The molecule has 2 aromatic carbocycles. The molecule has 0 spiro atoms. The second kappa shape index (κ2) is 8.00. The lowest BCUT2D eigenvalue weighted by Crippen LogP contribution is -2.16. The van der Waals surface area contributed by atoms with Crippen LogP contribution >= 0.6 is 11.8 Å². The first kappa shape index (κ1) is 18.6. The first-order valence-electron chi connectivity index (χ1n) is 8.09. The van der Waals surface area contributed by atoms with Gasteiger partial charge in [0.1, 0.15) is 12.0 Å². The van der Waals surface area contributed by atoms with Crippen LogP contribution < -0.4 is 5.32 Å². The number of nitrogens with zero attached hydrogens (tertiary/aromatic N) is 4. The molecule has 138 valence electrons. The number of para-hydroxylation sites is 1. The molecular formula is C18H17N5O3S. The molecule has 0 aliphatic rings. The molecule has 1 heterocycles. The van der Waals surface area contributed by atoms with Crippen LogP contribution in [0.3, 0.4) is 0 Å². The monoisotopic (exact) mass is 383 g/mol. The average Bonchev–Trinajstić information content (AvgIpc) is 3.12. The minimum absolute atomic E-state index is 0.0512. The Labute approximate surface area is 159 Å². The highest BCUT2D eigenvalue weighted by atomic mass is 32.2. The van der Waals surface area contributed by atoms with Crippen molar-refractivity contribution in [1.29, 1.82) is 0 Å². The quantitative estimate of drug-likeness (QED) is 0.397. The van der Waals surface area contributed by atoms with E-state index in [1.54, 1.807) is 23.9 Å². The van der Waals surface area contributed by atoms with Gasteiger partial charge < -0.3 is 5.32 Å². The summed E-state index contributed by atoms with van der Waals surface area (Å²) >= 11 is 1.20. The second-order valence-electron chi connectivity index (χ2n) is 5.87. The topological polar surface area (TPSA) is 103 Å². The van der Waals surface area contributed by atoms with E-state index in [1.165, 1.54) is 17.8 Å². The molecule has 3 aromatic rings. The minimum Gasteiger partial charge on any atom is -0.320 e. The third-order valence-electron chi connectivity index (χ3n) is 3.97. The van der Waals surface area contributed by atoms with E-state index >= 15 is 0 Å². The van der Waals surface area contributed by atoms with E-state index < -0.39 is 4.92 Å². The Morgan fingerprint density at radius 1 is 1.22 bits per heavy atom. The molecule has 27 heavy (non-hydrogen) atoms. The van der Waals surface area contributed by atoms with Gasteiger partial charge in [-0.15, -0.1) is 10.2 Å². The number of nitrogens with one attached hydrogen (secondary N) is 1. The van der Waals surface area contributed by atoms with Crippen molar-refractivity contribution in [3.05, 3.63) is 70.0 Å². The van der Waals surface area contributed by atoms with Crippen LogP contribution in [0.1, 0.15) is 11.1 Å². The zero-order valence-corrected chi connectivity index (χ0v) is 15.6. The molecule has 0 aliphatic heterocycles. The molecule has 0 bridgehead atoms. The lowest BCUT2D eigenvalue weighted by Gasteiger charge is -2.09. The highest BCUT2D eigenvalue weighted by Gasteiger charge is 2.18. The minimum atomic E-state index is -0.499. The van der Waals surface area contributed by atoms with Gasteiger partial charge in [-0.2, -0.15) is 0 Å². The average molecular weight is 383 g/mol. The van der Waals surface area contributed by atoms with Gasteiger partial charge in [-0.1, -0.05) is 30.0 Å². The number of amides is 1. The Morgan fingerprint density at radius 2 is 1.93 bits per heavy atom. The van der Waals surface area contributed by atoms with Gasteiger partial charge in [-0.3, -0.25) is 19.5 Å². The molecule has 1 aromatic heterocycles. The van der Waals surface area contributed by atoms with Crippen molar-refractivity contribution in [3.63, 3.8) is 0 Å². The number of anilines is 1. The predicted octanol–water partition coefficient (Wildman–Crippen LogP) is 3.52. The Morgan fingerprint density at radius 3 is 2.63 bits per heavy atom. The summed E-state index contributed by atoms with van der Waals surface area (Å²) < 4.78 is 1.77. The summed E-state index contributed by atoms with van der Waals surface area (Å²) in [7, 11) is 0. The molecule has 0 atom stereocenters. The van der Waals surface area contributed by atoms with Crippen molar-refractivity contribution in [2.45, 2.75) is 19.0 Å². The third-order valence-corrected chi connectivity index (χ3v) is 4.91. The van der Waals surface area contributed by atoms with Crippen molar-refractivity contribution in [3.8, 4) is 5.69 Å². The van der Waals surface area contributed by atoms with Gasteiger partial charge in [-0.25, -0.2) is 0 Å². The number of aromatic nitrogens is 3. The molecule has 0 saturated heterocycles. The van der Waals surface area contributed by atoms with E-state index in [0.717, 1.165) is 16.8 Å². The summed E-state index contributed by atoms with van der Waals surface area (Å²) in [5.74, 6) is -0.302. The van der Waals surface area contributed by atoms with E-state index in [2.05, 4.69) is 15.5 Å². The maximum absolute atomic E-state index is 12.3. The molecule has 0 aliphatic carbocycles. The zero-order valence-electron chi connectivity index (χ0n) is 14.7. The van der Waals surface area contributed by atoms with Crippen LogP contribution in [0, 0.1) is 24.0 Å². The van der Waals surface area contributed by atoms with Crippen LogP contribution in [0.4, 0.5) is 11.4 Å². The number of nitro groups is 1. The van der Waals surface area contributed by atoms with Crippen LogP contribution in [0.5, 0.6) is 0 Å². The molecular weight excluding hydrogens is 366 g/mol. The third kappa shape index (κ3) is 4.32. The molecule has 0 unspecified atom stereocenters. The number of hydrogen-bond acceptors (Lipinski definition) is 6. The lowest BCUT2D eigenvalue weighted by molar-refractivity contribution is -0.384. The van der Waals surface area contributed by atoms with Gasteiger partial charge in [0.15, 0.2) is 5.16 Å². The number of thioether (sulfide) groups is 1. The van der Waals surface area contributed by atoms with Gasteiger partial charge in [0.2, 0.25) is 5.91 Å². The molecule has 9 heteroatoms. The summed E-state index contributed by atoms with van der Waals surface area (Å²) in [6, 6.07) is 12.6. The standard InChI is InChI=1S/C18H17N5O3S/c1-12-8-15(16(23(25)26)9-13(12)2)20-17(24)10-27-18-21-19-11-22(18)14-6-4-3-5-7-14/h3-9,11H,10H2,1-2H3,(H,20,24). The summed E-state index contributed by atoms with van der Waals surface area (Å²) in [4.78, 5) is 23.1. The molecule has 0 saturated carbocycles. The molecule has 1 amide bonds. The molecule has 8 nitrogen and oxygen atoms in total. The number of carbonyl (C=O) groups excluding carboxylic acids is 1. The molecule has 1 N–H and O–H groups in total. The Kier molecular flexibility index (Phi) is 5.51. The zero-order chi connectivity index (χ0) is 19.4. The van der Waals surface area contributed by atoms with Crippen LogP contribution in [-0.4, -0.2) is 31.3 Å². The first-order chi connectivity index (χ1) is 13.0. The molecule has 0 fully saturated rings. The number of nitro benzene ring substituents is 1. The summed E-state index contributed by atoms with van der Waals surface area (Å²) in [6.45, 7) is 3.63. The smallest absolute Gasteiger partial charge is 0.293 e. The largest absolute Gasteiger partial charge is 0.320 e. The second-order valence-corrected chi connectivity index (χ2v) is 6.81. The highest BCUT2D eigenvalue weighted by Crippen LogP contribution is 2.28. The van der Waals surface area contributed by atoms with Crippen molar-refractivity contribution in [2.75, 3.05) is 11.1 Å². The molecule has 0 radical (unpaired) electrons. The number of hydrogen-bond donors (Lipinski definition) is 1. The number of carbonyl (C=O) groups is 1. The number of aryl methyl sites for hydroxylation is 2. The maximum atomic E-state index is 12.3. The summed E-state index contributed by atoms with van der Waals surface area (Å²) in [5.41, 5.74) is 2.62. The number of rotatable bonds is 6. The highest BCUT2D eigenvalue weighted by molar-refractivity contribution is 7.99. The van der Waals surface area contributed by atoms with E-state index in [0.29, 0.717) is 5.16 Å². The van der Waals surface area contributed by atoms with Gasteiger partial charge in [0.05, 0.1) is 10.7 Å². The normalized spacial score (nSPS) is 10.6. The van der Waals surface area contributed by atoms with E-state index in [9.17, 15) is 14.9 Å². The SMILES string of the molecule is Cc1cc(NC(=O)CSc2nncn2-c2ccccc2)c([N+](=O)[O-])cc1C. The van der Waals surface area contributed by atoms with Crippen LogP contribution in [0.2, 0.25) is 0 Å². The predicted molar refractivity (Wildman–Crippen MR) is 103 cm³/mol. The van der Waals surface area contributed by atoms with Gasteiger partial charge in [0, 0.05) is 11.8 Å². The van der Waals surface area contributed by atoms with E-state index in [-0.39, 0.29) is 23.0 Å². The van der Waals surface area contributed by atoms with E-state index in [1.807, 2.05) is 37.3 Å². The Balaban J connectivity index is 1.71. The van der Waals surface area contributed by atoms with Crippen molar-refractivity contribution in [2.24, 2.45) is 0 Å². The molecule has 3 rings (SSSR count). The fourth-order valence-electron chi connectivity index (χ4n) is 2.46. The van der Waals surface area contributed by atoms with Crippen LogP contribution in [0.25, 0.3) is 5.69 Å². The van der Waals surface area contributed by atoms with Gasteiger partial charge >= 0.3 is 0 Å². The Hall–Kier alpha value is -3.20. The van der Waals surface area contributed by atoms with Crippen LogP contribution in [-0.2, 0) is 4.79 Å². The lowest BCUT2D eigenvalue weighted by atomic mass is 10.1. The van der Waals surface area contributed by atoms with Crippen LogP contribution in [0.15, 0.2) is 53.9 Å². The summed E-state index contributed by atoms with van der Waals surface area (Å²) in [5, 5.41) is 22.3. The fraction of sp³-hybridized carbons (Fsp3) is 0.167. The Bertz CT molecular complexity index is 988. The van der Waals surface area contributed by atoms with Crippen molar-refractivity contribution < 1.29 is 9.72 Å². The van der Waals surface area contributed by atoms with E-state index in [4.69, 9.17) is 0 Å². The van der Waals surface area contributed by atoms with Gasteiger partial charge in [0.25, 0.3) is 5.69 Å². The fourth-order valence-corrected chi connectivity index (χ4v) is 3.19. The maximum Gasteiger partial charge on any atom is 0.293 e.